The van der Waals surface area contributed by atoms with E-state index in [2.05, 4.69) is 4.98 Å². The highest BCUT2D eigenvalue weighted by molar-refractivity contribution is 5.76. The Kier molecular flexibility index (Phi) is 2.49. The van der Waals surface area contributed by atoms with E-state index >= 15 is 0 Å². The lowest BCUT2D eigenvalue weighted by atomic mass is 10.1. The maximum absolute atomic E-state index is 10.8. The van der Waals surface area contributed by atoms with E-state index in [4.69, 9.17) is 5.73 Å². The predicted molar refractivity (Wildman–Crippen MR) is 56.5 cm³/mol. The number of nitrogens with zero attached hydrogens (tertiary/aromatic N) is 2. The van der Waals surface area contributed by atoms with Crippen LogP contribution in [0.4, 0.5) is 0 Å². The molecule has 0 atom stereocenters. The van der Waals surface area contributed by atoms with Gasteiger partial charge >= 0.3 is 0 Å². The highest BCUT2D eigenvalue weighted by Gasteiger charge is 2.00. The van der Waals surface area contributed by atoms with Crippen LogP contribution in [0.5, 0.6) is 0 Å². The van der Waals surface area contributed by atoms with E-state index in [0.29, 0.717) is 0 Å². The van der Waals surface area contributed by atoms with Crippen molar-refractivity contribution in [1.29, 1.82) is 0 Å². The highest BCUT2D eigenvalue weighted by Crippen LogP contribution is 2.10. The Bertz CT molecular complexity index is 462. The maximum Gasteiger partial charge on any atom is 0.221 e. The molecule has 0 bridgehead atoms. The van der Waals surface area contributed by atoms with Crippen molar-refractivity contribution >= 4 is 5.91 Å². The van der Waals surface area contributed by atoms with Crippen LogP contribution in [0.15, 0.2) is 43.0 Å². The summed E-state index contributed by atoms with van der Waals surface area (Å²) in [5, 5.41) is 0. The fourth-order valence-electron chi connectivity index (χ4n) is 1.44. The highest BCUT2D eigenvalue weighted by atomic mass is 16.1. The van der Waals surface area contributed by atoms with Crippen LogP contribution in [0.25, 0.3) is 5.69 Å². The smallest absolute Gasteiger partial charge is 0.221 e. The average Bonchev–Trinajstić information content (AvgIpc) is 2.69. The molecule has 0 unspecified atom stereocenters. The number of aromatic nitrogens is 2. The molecule has 1 aromatic carbocycles. The first-order chi connectivity index (χ1) is 7.25. The third-order valence-corrected chi connectivity index (χ3v) is 2.09. The number of benzene rings is 1. The number of imidazole rings is 1. The van der Waals surface area contributed by atoms with Crippen molar-refractivity contribution in [3.8, 4) is 5.69 Å². The standard InChI is InChI=1S/C11H11N3O/c12-11(15)7-9-2-1-3-10(6-9)14-5-4-13-8-14/h1-6,8H,7H2,(H2,12,15). The normalized spacial score (nSPS) is 10.1. The average molecular weight is 201 g/mol. The summed E-state index contributed by atoms with van der Waals surface area (Å²) in [6.45, 7) is 0. The molecule has 2 N–H and O–H groups in total. The minimum absolute atomic E-state index is 0.266. The molecule has 4 heteroatoms. The maximum atomic E-state index is 10.8. The van der Waals surface area contributed by atoms with Crippen LogP contribution in [0.2, 0.25) is 0 Å². The first kappa shape index (κ1) is 9.45. The predicted octanol–water partition coefficient (Wildman–Crippen LogP) is 0.900. The lowest BCUT2D eigenvalue weighted by molar-refractivity contribution is -0.117. The van der Waals surface area contributed by atoms with Crippen molar-refractivity contribution in [2.75, 3.05) is 0 Å². The SMILES string of the molecule is NC(=O)Cc1cccc(-n2ccnc2)c1. The molecule has 1 amide bonds. The molecule has 0 saturated carbocycles. The molecule has 15 heavy (non-hydrogen) atoms. The minimum Gasteiger partial charge on any atom is -0.369 e. The van der Waals surface area contributed by atoms with Gasteiger partial charge < -0.3 is 10.3 Å². The Hall–Kier alpha value is -2.10. The van der Waals surface area contributed by atoms with Crippen LogP contribution < -0.4 is 5.73 Å². The number of hydrogen-bond donors (Lipinski definition) is 1. The molecule has 2 rings (SSSR count). The van der Waals surface area contributed by atoms with Gasteiger partial charge in [-0.25, -0.2) is 4.98 Å². The van der Waals surface area contributed by atoms with E-state index in [9.17, 15) is 4.79 Å². The number of nitrogens with two attached hydrogens (primary N) is 1. The summed E-state index contributed by atoms with van der Waals surface area (Å²) in [6.07, 6.45) is 5.54. The zero-order valence-corrected chi connectivity index (χ0v) is 8.13. The molecule has 1 heterocycles. The van der Waals surface area contributed by atoms with Gasteiger partial charge in [-0.3, -0.25) is 4.79 Å². The number of rotatable bonds is 3. The largest absolute Gasteiger partial charge is 0.369 e. The first-order valence-corrected chi connectivity index (χ1v) is 4.61. The van der Waals surface area contributed by atoms with Gasteiger partial charge in [0.25, 0.3) is 0 Å². The van der Waals surface area contributed by atoms with E-state index < -0.39 is 0 Å². The molecule has 76 valence electrons. The van der Waals surface area contributed by atoms with Crippen molar-refractivity contribution in [2.24, 2.45) is 5.73 Å². The molecule has 0 saturated heterocycles. The topological polar surface area (TPSA) is 60.9 Å². The van der Waals surface area contributed by atoms with Crippen molar-refractivity contribution in [1.82, 2.24) is 9.55 Å². The summed E-state index contributed by atoms with van der Waals surface area (Å²) < 4.78 is 1.88. The number of hydrogen-bond acceptors (Lipinski definition) is 2. The van der Waals surface area contributed by atoms with Crippen LogP contribution in [0.3, 0.4) is 0 Å². The molecule has 4 nitrogen and oxygen atoms in total. The molecule has 0 fully saturated rings. The van der Waals surface area contributed by atoms with Gasteiger partial charge in [-0.1, -0.05) is 12.1 Å². The molecule has 0 radical (unpaired) electrons. The molecule has 2 aromatic rings. The first-order valence-electron chi connectivity index (χ1n) is 4.61. The molecule has 0 aliphatic rings. The van der Waals surface area contributed by atoms with Gasteiger partial charge in [0.2, 0.25) is 5.91 Å². The molecule has 0 aliphatic heterocycles. The lowest BCUT2D eigenvalue weighted by Crippen LogP contribution is -2.13. The monoisotopic (exact) mass is 201 g/mol. The second-order valence-electron chi connectivity index (χ2n) is 3.28. The van der Waals surface area contributed by atoms with Gasteiger partial charge in [0.15, 0.2) is 0 Å². The summed E-state index contributed by atoms with van der Waals surface area (Å²) >= 11 is 0. The van der Waals surface area contributed by atoms with Crippen molar-refractivity contribution in [2.45, 2.75) is 6.42 Å². The Labute approximate surface area is 87.4 Å². The van der Waals surface area contributed by atoms with E-state index in [0.717, 1.165) is 11.3 Å². The van der Waals surface area contributed by atoms with E-state index in [1.807, 2.05) is 35.0 Å². The van der Waals surface area contributed by atoms with Crippen LogP contribution >= 0.6 is 0 Å². The third kappa shape index (κ3) is 2.22. The Morgan fingerprint density at radius 2 is 2.33 bits per heavy atom. The van der Waals surface area contributed by atoms with Crippen LogP contribution in [-0.4, -0.2) is 15.5 Å². The number of carbonyl (C=O) groups excluding carboxylic acids is 1. The van der Waals surface area contributed by atoms with Gasteiger partial charge in [0.05, 0.1) is 12.7 Å². The quantitative estimate of drug-likeness (QED) is 0.802. The fraction of sp³-hybridized carbons (Fsp3) is 0.0909. The molecule has 1 aromatic heterocycles. The van der Waals surface area contributed by atoms with Gasteiger partial charge in [-0.05, 0) is 17.7 Å². The molecule has 0 spiro atoms. The van der Waals surface area contributed by atoms with Gasteiger partial charge in [0, 0.05) is 18.1 Å². The van der Waals surface area contributed by atoms with Gasteiger partial charge in [-0.15, -0.1) is 0 Å². The molecular weight excluding hydrogens is 190 g/mol. The van der Waals surface area contributed by atoms with Crippen molar-refractivity contribution in [3.63, 3.8) is 0 Å². The number of carbonyl (C=O) groups is 1. The number of primary amides is 1. The summed E-state index contributed by atoms with van der Waals surface area (Å²) in [4.78, 5) is 14.7. The van der Waals surface area contributed by atoms with Gasteiger partial charge in [-0.2, -0.15) is 0 Å². The summed E-state index contributed by atoms with van der Waals surface area (Å²) in [6, 6.07) is 7.65. The fourth-order valence-corrected chi connectivity index (χ4v) is 1.44. The zero-order valence-electron chi connectivity index (χ0n) is 8.13. The van der Waals surface area contributed by atoms with E-state index in [1.165, 1.54) is 0 Å². The van der Waals surface area contributed by atoms with Crippen LogP contribution in [0.1, 0.15) is 5.56 Å². The second-order valence-corrected chi connectivity index (χ2v) is 3.28. The minimum atomic E-state index is -0.321. The van der Waals surface area contributed by atoms with Crippen LogP contribution in [0, 0.1) is 0 Å². The molecular formula is C11H11N3O. The Morgan fingerprint density at radius 3 is 3.00 bits per heavy atom. The molecule has 0 aliphatic carbocycles. The van der Waals surface area contributed by atoms with E-state index in [-0.39, 0.29) is 12.3 Å². The second kappa shape index (κ2) is 3.96. The van der Waals surface area contributed by atoms with Crippen molar-refractivity contribution < 1.29 is 4.79 Å². The Morgan fingerprint density at radius 1 is 1.47 bits per heavy atom. The van der Waals surface area contributed by atoms with E-state index in [1.54, 1.807) is 12.5 Å². The third-order valence-electron chi connectivity index (χ3n) is 2.09. The number of amides is 1. The summed E-state index contributed by atoms with van der Waals surface area (Å²) in [5.41, 5.74) is 7.02. The summed E-state index contributed by atoms with van der Waals surface area (Å²) in [7, 11) is 0. The van der Waals surface area contributed by atoms with Gasteiger partial charge in [0.1, 0.15) is 0 Å². The van der Waals surface area contributed by atoms with Crippen LogP contribution in [-0.2, 0) is 11.2 Å². The Balaban J connectivity index is 2.31. The summed E-state index contributed by atoms with van der Waals surface area (Å²) in [5.74, 6) is -0.321. The van der Waals surface area contributed by atoms with Crippen molar-refractivity contribution in [3.05, 3.63) is 48.5 Å². The zero-order chi connectivity index (χ0) is 10.7. The lowest BCUT2D eigenvalue weighted by Gasteiger charge is -2.04.